The van der Waals surface area contributed by atoms with Crippen molar-refractivity contribution >= 4 is 16.5 Å². The molecule has 0 aromatic heterocycles. The van der Waals surface area contributed by atoms with E-state index in [2.05, 4.69) is 14.8 Å². The molecule has 0 rings (SSSR count). The summed E-state index contributed by atoms with van der Waals surface area (Å²) in [5, 5.41) is 0. The van der Waals surface area contributed by atoms with Gasteiger partial charge in [-0.1, -0.05) is 0 Å². The highest BCUT2D eigenvalue weighted by molar-refractivity contribution is 7.46. The summed E-state index contributed by atoms with van der Waals surface area (Å²) >= 11 is 0. The molecule has 6 nitrogen and oxygen atoms in total. The highest BCUT2D eigenvalue weighted by atomic mass is 31.2. The Bertz CT molecular complexity index is 109. The van der Waals surface area contributed by atoms with Gasteiger partial charge in [-0.25, -0.2) is 0 Å². The highest BCUT2D eigenvalue weighted by Crippen LogP contribution is 2.31. The zero-order valence-corrected chi connectivity index (χ0v) is 5.30. The molecule has 0 heterocycles. The predicted octanol–water partition coefficient (Wildman–Crippen LogP) is -0.432. The second kappa shape index (κ2) is 3.97. The molecule has 0 fully saturated rings. The van der Waals surface area contributed by atoms with Gasteiger partial charge >= 0.3 is 16.5 Å². The topological polar surface area (TPSA) is 102 Å². The lowest BCUT2D eigenvalue weighted by molar-refractivity contribution is -0.178. The zero-order valence-electron chi connectivity index (χ0n) is 3.51. The third-order valence-corrected chi connectivity index (χ3v) is 1.46. The summed E-state index contributed by atoms with van der Waals surface area (Å²) in [7, 11) is -5.82. The molecule has 0 aliphatic rings. The van der Waals surface area contributed by atoms with Crippen molar-refractivity contribution in [3.63, 3.8) is 0 Å². The van der Waals surface area contributed by atoms with E-state index in [4.69, 9.17) is 0 Å². The van der Waals surface area contributed by atoms with Crippen LogP contribution in [0.3, 0.4) is 0 Å². The molecular formula is H2NO5P2+. The third kappa shape index (κ3) is 4.21. The fourth-order valence-electron chi connectivity index (χ4n) is 0.0737. The maximum absolute atomic E-state index is 9.82. The van der Waals surface area contributed by atoms with E-state index in [9.17, 15) is 14.0 Å². The number of nitrogens with two attached hydrogens (primary N) is 1. The summed E-state index contributed by atoms with van der Waals surface area (Å²) in [5.74, 6) is 4.24. The van der Waals surface area contributed by atoms with Crippen LogP contribution in [0.2, 0.25) is 0 Å². The molecule has 0 bridgehead atoms. The predicted molar refractivity (Wildman–Crippen MR) is 21.6 cm³/mol. The molecule has 0 aromatic rings. The normalized spacial score (nSPS) is 13.2. The fraction of sp³-hybridized carbons (Fsp3) is 0. The van der Waals surface area contributed by atoms with Gasteiger partial charge in [-0.15, -0.1) is 0 Å². The van der Waals surface area contributed by atoms with Crippen molar-refractivity contribution in [1.82, 2.24) is 0 Å². The molecule has 2 N–H and O–H groups in total. The second-order valence-electron chi connectivity index (χ2n) is 0.634. The van der Waals surface area contributed by atoms with Gasteiger partial charge in [-0.3, -0.25) is 0 Å². The molecule has 8 heavy (non-hydrogen) atoms. The van der Waals surface area contributed by atoms with Crippen molar-refractivity contribution in [2.24, 2.45) is 5.90 Å². The third-order valence-electron chi connectivity index (χ3n) is 0.219. The van der Waals surface area contributed by atoms with Gasteiger partial charge in [0.2, 0.25) is 0 Å². The quantitative estimate of drug-likeness (QED) is 0.441. The fourth-order valence-corrected chi connectivity index (χ4v) is 0.663. The first-order chi connectivity index (χ1) is 3.66. The highest BCUT2D eigenvalue weighted by Gasteiger charge is 2.29. The monoisotopic (exact) mass is 158 g/mol. The Balaban J connectivity index is 3.40. The van der Waals surface area contributed by atoms with Gasteiger partial charge in [-0.05, 0) is 9.19 Å². The molecule has 0 saturated carbocycles. The lowest BCUT2D eigenvalue weighted by atomic mass is 13.6. The van der Waals surface area contributed by atoms with Crippen LogP contribution >= 0.6 is 16.5 Å². The maximum atomic E-state index is 9.82. The molecule has 2 atom stereocenters. The van der Waals surface area contributed by atoms with E-state index < -0.39 is 16.5 Å². The van der Waals surface area contributed by atoms with Gasteiger partial charge in [0.25, 0.3) is 0 Å². The van der Waals surface area contributed by atoms with Crippen molar-refractivity contribution in [2.45, 2.75) is 0 Å². The lowest BCUT2D eigenvalue weighted by Gasteiger charge is -1.68. The van der Waals surface area contributed by atoms with E-state index in [1.54, 1.807) is 0 Å². The average Bonchev–Trinajstić information content (AvgIpc) is 1.65. The molecule has 0 aliphatic carbocycles. The second-order valence-corrected chi connectivity index (χ2v) is 2.39. The Morgan fingerprint density at radius 3 is 2.12 bits per heavy atom. The molecule has 0 amide bonds. The molecular weight excluding hydrogens is 156 g/mol. The molecule has 0 radical (unpaired) electrons. The van der Waals surface area contributed by atoms with Crippen LogP contribution in [0.4, 0.5) is 0 Å². The first-order valence-electron chi connectivity index (χ1n) is 1.33. The lowest BCUT2D eigenvalue weighted by Crippen LogP contribution is -1.91. The van der Waals surface area contributed by atoms with Crippen LogP contribution in [0.15, 0.2) is 0 Å². The van der Waals surface area contributed by atoms with Gasteiger partial charge in [0, 0.05) is 4.57 Å². The van der Waals surface area contributed by atoms with E-state index in [1.807, 2.05) is 0 Å². The van der Waals surface area contributed by atoms with Crippen molar-refractivity contribution in [2.75, 3.05) is 0 Å². The van der Waals surface area contributed by atoms with Crippen molar-refractivity contribution in [1.29, 1.82) is 0 Å². The minimum Gasteiger partial charge on any atom is -0.563 e. The zero-order chi connectivity index (χ0) is 6.57. The molecule has 0 saturated heterocycles. The molecule has 0 spiro atoms. The van der Waals surface area contributed by atoms with Crippen molar-refractivity contribution < 1.29 is 23.0 Å². The van der Waals surface area contributed by atoms with E-state index in [1.165, 1.54) is 0 Å². The summed E-state index contributed by atoms with van der Waals surface area (Å²) in [6.45, 7) is 0. The summed E-state index contributed by atoms with van der Waals surface area (Å²) in [6.07, 6.45) is 0. The summed E-state index contributed by atoms with van der Waals surface area (Å²) in [4.78, 5) is 9.46. The maximum Gasteiger partial charge on any atom is 0.763 e. The van der Waals surface area contributed by atoms with Crippen LogP contribution < -0.4 is 10.8 Å². The van der Waals surface area contributed by atoms with Crippen LogP contribution in [0.25, 0.3) is 0 Å². The molecule has 2 unspecified atom stereocenters. The van der Waals surface area contributed by atoms with Gasteiger partial charge in [0.05, 0.1) is 0 Å². The summed E-state index contributed by atoms with van der Waals surface area (Å²) < 4.78 is 26.3. The van der Waals surface area contributed by atoms with Crippen LogP contribution in [0.5, 0.6) is 0 Å². The Kier molecular flexibility index (Phi) is 3.99. The van der Waals surface area contributed by atoms with Gasteiger partial charge in [0.1, 0.15) is 4.31 Å². The van der Waals surface area contributed by atoms with Crippen molar-refractivity contribution in [3.8, 4) is 0 Å². The number of hydrogen-bond acceptors (Lipinski definition) is 6. The molecule has 0 aromatic carbocycles. The summed E-state index contributed by atoms with van der Waals surface area (Å²) in [6, 6.07) is 0. The Labute approximate surface area is 46.4 Å². The van der Waals surface area contributed by atoms with Gasteiger partial charge in [-0.2, -0.15) is 5.90 Å². The van der Waals surface area contributed by atoms with Crippen LogP contribution in [0, 0.1) is 0 Å². The standard InChI is InChI=1S/H2NO5P2/c1-5-8(4)6-7(2)3/h1H2/q+1. The SMILES string of the molecule is NO[P+](=O)O[P+](=O)[O-]. The number of rotatable bonds is 3. The Morgan fingerprint density at radius 2 is 2.00 bits per heavy atom. The van der Waals surface area contributed by atoms with E-state index in [0.717, 1.165) is 0 Å². The smallest absolute Gasteiger partial charge is 0.563 e. The largest absolute Gasteiger partial charge is 0.763 e. The van der Waals surface area contributed by atoms with Crippen LogP contribution in [-0.4, -0.2) is 0 Å². The minimum absolute atomic E-state index is 2.69. The molecule has 8 heteroatoms. The van der Waals surface area contributed by atoms with Crippen molar-refractivity contribution in [3.05, 3.63) is 0 Å². The molecule has 46 valence electrons. The summed E-state index contributed by atoms with van der Waals surface area (Å²) in [5.41, 5.74) is 0. The first-order valence-corrected chi connectivity index (χ1v) is 3.52. The number of hydrogen-bond donors (Lipinski definition) is 1. The first kappa shape index (κ1) is 8.04. The molecule has 0 aliphatic heterocycles. The van der Waals surface area contributed by atoms with Gasteiger partial charge < -0.3 is 4.89 Å². The Morgan fingerprint density at radius 1 is 1.50 bits per heavy atom. The Hall–Kier alpha value is 0.0400. The van der Waals surface area contributed by atoms with Crippen LogP contribution in [-0.2, 0) is 18.1 Å². The van der Waals surface area contributed by atoms with Gasteiger partial charge in [0.15, 0.2) is 0 Å². The van der Waals surface area contributed by atoms with E-state index >= 15 is 0 Å². The van der Waals surface area contributed by atoms with Crippen LogP contribution in [0.1, 0.15) is 0 Å². The minimum atomic E-state index is -3.13. The van der Waals surface area contributed by atoms with E-state index in [-0.39, 0.29) is 0 Å². The average molecular weight is 158 g/mol. The van der Waals surface area contributed by atoms with E-state index in [0.29, 0.717) is 0 Å².